The minimum atomic E-state index is 0.957. The van der Waals surface area contributed by atoms with Gasteiger partial charge in [-0.15, -0.1) is 0 Å². The van der Waals surface area contributed by atoms with Crippen molar-refractivity contribution in [3.63, 3.8) is 0 Å². The lowest BCUT2D eigenvalue weighted by Gasteiger charge is -2.06. The summed E-state index contributed by atoms with van der Waals surface area (Å²) in [4.78, 5) is 0. The van der Waals surface area contributed by atoms with E-state index in [2.05, 4.69) is 46.4 Å². The summed E-state index contributed by atoms with van der Waals surface area (Å²) in [5.74, 6) is 2.49. The maximum Gasteiger partial charge on any atom is 0.0220 e. The van der Waals surface area contributed by atoms with Gasteiger partial charge in [0.05, 0.1) is 0 Å². The molecule has 0 bridgehead atoms. The van der Waals surface area contributed by atoms with Crippen LogP contribution in [0.25, 0.3) is 0 Å². The van der Waals surface area contributed by atoms with Crippen molar-refractivity contribution in [2.75, 3.05) is 18.1 Å². The third kappa shape index (κ3) is 5.59. The van der Waals surface area contributed by atoms with E-state index < -0.39 is 0 Å². The Morgan fingerprint density at radius 3 is 2.87 bits per heavy atom. The van der Waals surface area contributed by atoms with Crippen molar-refractivity contribution in [1.82, 2.24) is 5.32 Å². The fourth-order valence-electron chi connectivity index (χ4n) is 1.31. The largest absolute Gasteiger partial charge is 0.313 e. The van der Waals surface area contributed by atoms with Crippen LogP contribution in [-0.2, 0) is 6.54 Å². The lowest BCUT2D eigenvalue weighted by atomic mass is 10.2. The predicted octanol–water partition coefficient (Wildman–Crippen LogP) is 3.68. The van der Waals surface area contributed by atoms with Crippen LogP contribution in [0.1, 0.15) is 18.9 Å². The smallest absolute Gasteiger partial charge is 0.0220 e. The molecule has 0 aromatic heterocycles. The molecule has 3 heteroatoms. The Hall–Kier alpha value is 0.01000. The summed E-state index contributed by atoms with van der Waals surface area (Å²) in [5, 5.41) is 3.46. The number of rotatable bonds is 7. The number of hydrogen-bond acceptors (Lipinski definition) is 2. The van der Waals surface area contributed by atoms with Gasteiger partial charge in [-0.2, -0.15) is 11.8 Å². The maximum absolute atomic E-state index is 3.55. The first-order valence-corrected chi connectivity index (χ1v) is 7.31. The molecule has 1 aromatic rings. The standard InChI is InChI=1S/C12H18BrNS/c1-2-15-9-5-8-14-10-11-6-3-4-7-12(11)13/h3-4,6-7,14H,2,5,8-10H2,1H3. The molecule has 0 unspecified atom stereocenters. The molecule has 0 saturated carbocycles. The normalized spacial score (nSPS) is 10.5. The molecule has 0 aliphatic heterocycles. The second-order valence-corrected chi connectivity index (χ2v) is 5.57. The molecule has 0 aliphatic carbocycles. The lowest BCUT2D eigenvalue weighted by Crippen LogP contribution is -2.15. The second kappa shape index (κ2) is 8.20. The summed E-state index contributed by atoms with van der Waals surface area (Å²) in [6.07, 6.45) is 1.25. The molecule has 0 spiro atoms. The van der Waals surface area contributed by atoms with E-state index in [1.807, 2.05) is 17.8 Å². The molecule has 0 heterocycles. The molecule has 0 radical (unpaired) electrons. The van der Waals surface area contributed by atoms with Crippen LogP contribution in [0.2, 0.25) is 0 Å². The number of benzene rings is 1. The van der Waals surface area contributed by atoms with Gasteiger partial charge in [-0.25, -0.2) is 0 Å². The molecule has 0 saturated heterocycles. The molecular weight excluding hydrogens is 270 g/mol. The summed E-state index contributed by atoms with van der Waals surface area (Å²) < 4.78 is 1.19. The van der Waals surface area contributed by atoms with E-state index in [9.17, 15) is 0 Å². The van der Waals surface area contributed by atoms with Crippen LogP contribution in [0.15, 0.2) is 28.7 Å². The zero-order valence-electron chi connectivity index (χ0n) is 9.13. The van der Waals surface area contributed by atoms with Crippen LogP contribution in [0.3, 0.4) is 0 Å². The first kappa shape index (κ1) is 13.1. The van der Waals surface area contributed by atoms with Gasteiger partial charge in [0.1, 0.15) is 0 Å². The quantitative estimate of drug-likeness (QED) is 0.768. The van der Waals surface area contributed by atoms with Gasteiger partial charge in [0, 0.05) is 11.0 Å². The number of thioether (sulfide) groups is 1. The van der Waals surface area contributed by atoms with Crippen molar-refractivity contribution < 1.29 is 0 Å². The molecule has 1 rings (SSSR count). The van der Waals surface area contributed by atoms with E-state index in [0.717, 1.165) is 13.1 Å². The maximum atomic E-state index is 3.55. The fraction of sp³-hybridized carbons (Fsp3) is 0.500. The van der Waals surface area contributed by atoms with Crippen LogP contribution in [0.5, 0.6) is 0 Å². The summed E-state index contributed by atoms with van der Waals surface area (Å²) in [5.41, 5.74) is 1.33. The van der Waals surface area contributed by atoms with E-state index in [0.29, 0.717) is 0 Å². The molecular formula is C12H18BrNS. The van der Waals surface area contributed by atoms with Crippen LogP contribution in [-0.4, -0.2) is 18.1 Å². The van der Waals surface area contributed by atoms with Gasteiger partial charge in [0.2, 0.25) is 0 Å². The Morgan fingerprint density at radius 2 is 2.13 bits per heavy atom. The topological polar surface area (TPSA) is 12.0 Å². The van der Waals surface area contributed by atoms with E-state index in [1.54, 1.807) is 0 Å². The average Bonchev–Trinajstić information content (AvgIpc) is 2.25. The summed E-state index contributed by atoms with van der Waals surface area (Å²) >= 11 is 5.55. The monoisotopic (exact) mass is 287 g/mol. The van der Waals surface area contributed by atoms with E-state index in [4.69, 9.17) is 0 Å². The average molecular weight is 288 g/mol. The molecule has 0 atom stereocenters. The van der Waals surface area contributed by atoms with Crippen molar-refractivity contribution in [2.45, 2.75) is 19.9 Å². The van der Waals surface area contributed by atoms with Gasteiger partial charge in [0.25, 0.3) is 0 Å². The molecule has 1 nitrogen and oxygen atoms in total. The number of nitrogens with one attached hydrogen (secondary N) is 1. The molecule has 0 fully saturated rings. The van der Waals surface area contributed by atoms with Crippen LogP contribution in [0.4, 0.5) is 0 Å². The van der Waals surface area contributed by atoms with E-state index >= 15 is 0 Å². The third-order valence-electron chi connectivity index (χ3n) is 2.12. The van der Waals surface area contributed by atoms with Gasteiger partial charge in [-0.3, -0.25) is 0 Å². The summed E-state index contributed by atoms with van der Waals surface area (Å²) in [7, 11) is 0. The summed E-state index contributed by atoms with van der Waals surface area (Å²) in [6, 6.07) is 8.36. The Morgan fingerprint density at radius 1 is 1.33 bits per heavy atom. The van der Waals surface area contributed by atoms with Crippen LogP contribution >= 0.6 is 27.7 Å². The Balaban J connectivity index is 2.12. The Bertz CT molecular complexity index is 278. The SMILES string of the molecule is CCSCCCNCc1ccccc1Br. The Kier molecular flexibility index (Phi) is 7.14. The van der Waals surface area contributed by atoms with Gasteiger partial charge < -0.3 is 5.32 Å². The highest BCUT2D eigenvalue weighted by Gasteiger charge is 1.96. The lowest BCUT2D eigenvalue weighted by molar-refractivity contribution is 0.677. The van der Waals surface area contributed by atoms with Crippen LogP contribution < -0.4 is 5.32 Å². The summed E-state index contributed by atoms with van der Waals surface area (Å²) in [6.45, 7) is 4.27. The number of hydrogen-bond donors (Lipinski definition) is 1. The van der Waals surface area contributed by atoms with Crippen LogP contribution in [0, 0.1) is 0 Å². The van der Waals surface area contributed by atoms with Crippen molar-refractivity contribution in [3.05, 3.63) is 34.3 Å². The molecule has 0 amide bonds. The zero-order valence-corrected chi connectivity index (χ0v) is 11.5. The fourth-order valence-corrected chi connectivity index (χ4v) is 2.37. The first-order chi connectivity index (χ1) is 7.34. The van der Waals surface area contributed by atoms with E-state index in [1.165, 1.54) is 28.0 Å². The van der Waals surface area contributed by atoms with Gasteiger partial charge >= 0.3 is 0 Å². The highest BCUT2D eigenvalue weighted by molar-refractivity contribution is 9.10. The van der Waals surface area contributed by atoms with Gasteiger partial charge in [-0.1, -0.05) is 41.1 Å². The van der Waals surface area contributed by atoms with E-state index in [-0.39, 0.29) is 0 Å². The van der Waals surface area contributed by atoms with Crippen molar-refractivity contribution >= 4 is 27.7 Å². The minimum Gasteiger partial charge on any atom is -0.313 e. The predicted molar refractivity (Wildman–Crippen MR) is 73.5 cm³/mol. The molecule has 0 aliphatic rings. The molecule has 84 valence electrons. The second-order valence-electron chi connectivity index (χ2n) is 3.32. The molecule has 1 aromatic carbocycles. The first-order valence-electron chi connectivity index (χ1n) is 5.36. The highest BCUT2D eigenvalue weighted by Crippen LogP contribution is 2.15. The highest BCUT2D eigenvalue weighted by atomic mass is 79.9. The van der Waals surface area contributed by atoms with Crippen molar-refractivity contribution in [3.8, 4) is 0 Å². The molecule has 15 heavy (non-hydrogen) atoms. The molecule has 1 N–H and O–H groups in total. The van der Waals surface area contributed by atoms with Gasteiger partial charge in [-0.05, 0) is 36.1 Å². The van der Waals surface area contributed by atoms with Crippen molar-refractivity contribution in [1.29, 1.82) is 0 Å². The van der Waals surface area contributed by atoms with Gasteiger partial charge in [0.15, 0.2) is 0 Å². The Labute approximate surface area is 105 Å². The number of halogens is 1. The zero-order chi connectivity index (χ0) is 10.9. The third-order valence-corrected chi connectivity index (χ3v) is 3.88. The minimum absolute atomic E-state index is 0.957. The van der Waals surface area contributed by atoms with Crippen molar-refractivity contribution in [2.24, 2.45) is 0 Å².